The average Bonchev–Trinajstić information content (AvgIpc) is 2.45. The molecule has 0 aliphatic carbocycles. The van der Waals surface area contributed by atoms with Crippen molar-refractivity contribution in [3.8, 4) is 5.75 Å². The highest BCUT2D eigenvalue weighted by Crippen LogP contribution is 2.19. The Kier molecular flexibility index (Phi) is 6.57. The number of allylic oxidation sites excluding steroid dienone is 4. The molecule has 1 aromatic carbocycles. The molecular weight excluding hydrogens is 280 g/mol. The summed E-state index contributed by atoms with van der Waals surface area (Å²) in [7, 11) is 1.25. The number of esters is 1. The first-order valence-corrected chi connectivity index (χ1v) is 7.11. The van der Waals surface area contributed by atoms with Crippen LogP contribution >= 0.6 is 0 Å². The normalized spacial score (nSPS) is 11.0. The second kappa shape index (κ2) is 8.17. The Morgan fingerprint density at radius 3 is 2.45 bits per heavy atom. The second-order valence-corrected chi connectivity index (χ2v) is 5.40. The number of methoxy groups -OCH3 is 1. The van der Waals surface area contributed by atoms with Gasteiger partial charge in [0.1, 0.15) is 5.75 Å². The van der Waals surface area contributed by atoms with Crippen LogP contribution in [-0.2, 0) is 4.74 Å². The molecule has 0 saturated carbocycles. The highest BCUT2D eigenvalue weighted by atomic mass is 16.5. The first kappa shape index (κ1) is 17.7. The Morgan fingerprint density at radius 1 is 1.18 bits per heavy atom. The van der Waals surface area contributed by atoms with Crippen molar-refractivity contribution >= 4 is 11.8 Å². The van der Waals surface area contributed by atoms with E-state index in [0.717, 1.165) is 18.4 Å². The molecule has 1 N–H and O–H groups in total. The van der Waals surface area contributed by atoms with Gasteiger partial charge in [0.05, 0.1) is 12.7 Å². The van der Waals surface area contributed by atoms with Crippen LogP contribution in [0.1, 0.15) is 54.3 Å². The van der Waals surface area contributed by atoms with Gasteiger partial charge in [-0.25, -0.2) is 4.79 Å². The minimum absolute atomic E-state index is 0.0633. The molecule has 0 unspecified atom stereocenters. The number of phenols is 1. The van der Waals surface area contributed by atoms with E-state index < -0.39 is 5.97 Å². The number of carbonyl (C=O) groups is 2. The van der Waals surface area contributed by atoms with Crippen molar-refractivity contribution in [1.29, 1.82) is 0 Å². The molecule has 0 saturated heterocycles. The maximum Gasteiger partial charge on any atom is 0.338 e. The lowest BCUT2D eigenvalue weighted by Gasteiger charge is -2.06. The Bertz CT molecular complexity index is 620. The van der Waals surface area contributed by atoms with E-state index in [1.165, 1.54) is 37.0 Å². The van der Waals surface area contributed by atoms with Gasteiger partial charge in [0.15, 0.2) is 5.78 Å². The van der Waals surface area contributed by atoms with Crippen LogP contribution in [0.2, 0.25) is 0 Å². The molecule has 0 radical (unpaired) electrons. The standard InChI is InChI=1S/C18H22O4/c1-12(2)6-5-7-13(3)10-17(20)16-11-14(19)8-9-15(16)18(21)22-4/h6,8-11,19H,5,7H2,1-4H3/b13-10+. The highest BCUT2D eigenvalue weighted by molar-refractivity contribution is 6.11. The summed E-state index contributed by atoms with van der Waals surface area (Å²) in [6.45, 7) is 5.93. The van der Waals surface area contributed by atoms with Crippen molar-refractivity contribution in [3.05, 3.63) is 52.6 Å². The lowest BCUT2D eigenvalue weighted by atomic mass is 10.0. The summed E-state index contributed by atoms with van der Waals surface area (Å²) >= 11 is 0. The molecule has 118 valence electrons. The predicted octanol–water partition coefficient (Wildman–Crippen LogP) is 4.05. The van der Waals surface area contributed by atoms with Gasteiger partial charge in [-0.2, -0.15) is 0 Å². The molecule has 1 aromatic rings. The molecule has 0 spiro atoms. The van der Waals surface area contributed by atoms with E-state index in [1.807, 2.05) is 20.8 Å². The highest BCUT2D eigenvalue weighted by Gasteiger charge is 2.17. The Balaban J connectivity index is 2.99. The van der Waals surface area contributed by atoms with Crippen LogP contribution < -0.4 is 0 Å². The Hall–Kier alpha value is -2.36. The van der Waals surface area contributed by atoms with Crippen LogP contribution in [0.15, 0.2) is 41.5 Å². The van der Waals surface area contributed by atoms with Gasteiger partial charge in [-0.15, -0.1) is 0 Å². The second-order valence-electron chi connectivity index (χ2n) is 5.40. The van der Waals surface area contributed by atoms with Crippen molar-refractivity contribution in [1.82, 2.24) is 0 Å². The number of hydrogen-bond acceptors (Lipinski definition) is 4. The number of carbonyl (C=O) groups excluding carboxylic acids is 2. The molecule has 0 bridgehead atoms. The summed E-state index contributed by atoms with van der Waals surface area (Å²) in [4.78, 5) is 24.0. The van der Waals surface area contributed by atoms with Gasteiger partial charge in [-0.3, -0.25) is 4.79 Å². The third-order valence-electron chi connectivity index (χ3n) is 3.14. The van der Waals surface area contributed by atoms with Crippen molar-refractivity contribution in [2.24, 2.45) is 0 Å². The molecule has 0 atom stereocenters. The third kappa shape index (κ3) is 5.20. The smallest absolute Gasteiger partial charge is 0.338 e. The van der Waals surface area contributed by atoms with Crippen LogP contribution in [0.25, 0.3) is 0 Å². The molecule has 0 heterocycles. The van der Waals surface area contributed by atoms with E-state index in [4.69, 9.17) is 0 Å². The van der Waals surface area contributed by atoms with E-state index in [1.54, 1.807) is 0 Å². The van der Waals surface area contributed by atoms with Gasteiger partial charge in [0, 0.05) is 5.56 Å². The van der Waals surface area contributed by atoms with Crippen LogP contribution in [-0.4, -0.2) is 24.0 Å². The number of hydrogen-bond donors (Lipinski definition) is 1. The number of rotatable bonds is 6. The summed E-state index contributed by atoms with van der Waals surface area (Å²) < 4.78 is 4.66. The molecule has 4 nitrogen and oxygen atoms in total. The number of ketones is 1. The number of ether oxygens (including phenoxy) is 1. The SMILES string of the molecule is COC(=O)c1ccc(O)cc1C(=O)/C=C(\C)CCC=C(C)C. The zero-order chi connectivity index (χ0) is 16.7. The van der Waals surface area contributed by atoms with Crippen LogP contribution in [0.5, 0.6) is 5.75 Å². The predicted molar refractivity (Wildman–Crippen MR) is 86.2 cm³/mol. The van der Waals surface area contributed by atoms with Gasteiger partial charge < -0.3 is 9.84 Å². The first-order chi connectivity index (χ1) is 10.3. The third-order valence-corrected chi connectivity index (χ3v) is 3.14. The average molecular weight is 302 g/mol. The van der Waals surface area contributed by atoms with Gasteiger partial charge in [0.25, 0.3) is 0 Å². The van der Waals surface area contributed by atoms with Crippen LogP contribution in [0.3, 0.4) is 0 Å². The minimum atomic E-state index is -0.598. The van der Waals surface area contributed by atoms with Gasteiger partial charge in [-0.1, -0.05) is 17.2 Å². The molecule has 0 fully saturated rings. The van der Waals surface area contributed by atoms with Crippen molar-refractivity contribution in [2.45, 2.75) is 33.6 Å². The Morgan fingerprint density at radius 2 is 1.86 bits per heavy atom. The van der Waals surface area contributed by atoms with E-state index in [2.05, 4.69) is 10.8 Å². The summed E-state index contributed by atoms with van der Waals surface area (Å²) in [5.74, 6) is -0.975. The molecule has 0 amide bonds. The molecule has 4 heteroatoms. The van der Waals surface area contributed by atoms with E-state index in [0.29, 0.717) is 0 Å². The number of aromatic hydroxyl groups is 1. The van der Waals surface area contributed by atoms with Crippen LogP contribution in [0.4, 0.5) is 0 Å². The van der Waals surface area contributed by atoms with E-state index >= 15 is 0 Å². The molecule has 22 heavy (non-hydrogen) atoms. The topological polar surface area (TPSA) is 63.6 Å². The fourth-order valence-electron chi connectivity index (χ4n) is 1.99. The zero-order valence-electron chi connectivity index (χ0n) is 13.5. The lowest BCUT2D eigenvalue weighted by Crippen LogP contribution is -2.09. The molecular formula is C18H22O4. The zero-order valence-corrected chi connectivity index (χ0v) is 13.5. The summed E-state index contributed by atoms with van der Waals surface area (Å²) in [6, 6.07) is 4.03. The first-order valence-electron chi connectivity index (χ1n) is 7.11. The number of phenolic OH excluding ortho intramolecular Hbond substituents is 1. The van der Waals surface area contributed by atoms with E-state index in [9.17, 15) is 14.7 Å². The molecule has 1 rings (SSSR count). The van der Waals surface area contributed by atoms with Crippen LogP contribution in [0, 0.1) is 0 Å². The molecule has 0 aliphatic heterocycles. The molecule has 0 aromatic heterocycles. The summed E-state index contributed by atoms with van der Waals surface area (Å²) in [5.41, 5.74) is 2.45. The monoisotopic (exact) mass is 302 g/mol. The van der Waals surface area contributed by atoms with Crippen molar-refractivity contribution in [3.63, 3.8) is 0 Å². The minimum Gasteiger partial charge on any atom is -0.508 e. The maximum absolute atomic E-state index is 12.3. The van der Waals surface area contributed by atoms with Gasteiger partial charge >= 0.3 is 5.97 Å². The van der Waals surface area contributed by atoms with Crippen molar-refractivity contribution in [2.75, 3.05) is 7.11 Å². The fourth-order valence-corrected chi connectivity index (χ4v) is 1.99. The number of benzene rings is 1. The summed E-state index contributed by atoms with van der Waals surface area (Å²) in [6.07, 6.45) is 5.24. The fraction of sp³-hybridized carbons (Fsp3) is 0.333. The van der Waals surface area contributed by atoms with Crippen molar-refractivity contribution < 1.29 is 19.4 Å². The largest absolute Gasteiger partial charge is 0.508 e. The maximum atomic E-state index is 12.3. The van der Waals surface area contributed by atoms with Gasteiger partial charge in [-0.05, 0) is 57.9 Å². The Labute approximate surface area is 131 Å². The lowest BCUT2D eigenvalue weighted by molar-refractivity contribution is 0.0597. The quantitative estimate of drug-likeness (QED) is 0.372. The van der Waals surface area contributed by atoms with Gasteiger partial charge in [0.2, 0.25) is 0 Å². The molecule has 0 aliphatic rings. The summed E-state index contributed by atoms with van der Waals surface area (Å²) in [5, 5.41) is 9.54. The van der Waals surface area contributed by atoms with E-state index in [-0.39, 0.29) is 22.7 Å².